The van der Waals surface area contributed by atoms with E-state index in [1.807, 2.05) is 38.1 Å². The van der Waals surface area contributed by atoms with E-state index < -0.39 is 15.9 Å². The smallest absolute Gasteiger partial charge is 0.264 e. The van der Waals surface area contributed by atoms with Crippen LogP contribution in [0.4, 0.5) is 5.69 Å². The summed E-state index contributed by atoms with van der Waals surface area (Å²) in [6.45, 7) is 4.36. The average Bonchev–Trinajstić information content (AvgIpc) is 2.78. The Morgan fingerprint density at radius 3 is 2.19 bits per heavy atom. The van der Waals surface area contributed by atoms with Gasteiger partial charge in [-0.2, -0.15) is 0 Å². The molecule has 0 atom stereocenters. The Morgan fingerprint density at radius 2 is 1.58 bits per heavy atom. The van der Waals surface area contributed by atoms with E-state index in [0.717, 1.165) is 15.4 Å². The molecule has 3 aromatic carbocycles. The number of ether oxygens (including phenoxy) is 1. The summed E-state index contributed by atoms with van der Waals surface area (Å²) >= 11 is 0. The van der Waals surface area contributed by atoms with Gasteiger partial charge >= 0.3 is 0 Å². The number of sulfonamides is 1. The zero-order valence-electron chi connectivity index (χ0n) is 17.6. The van der Waals surface area contributed by atoms with Crippen LogP contribution < -0.4 is 14.4 Å². The van der Waals surface area contributed by atoms with E-state index in [-0.39, 0.29) is 11.4 Å². The zero-order chi connectivity index (χ0) is 22.3. The summed E-state index contributed by atoms with van der Waals surface area (Å²) in [6.07, 6.45) is 0. The molecule has 31 heavy (non-hydrogen) atoms. The number of nitrogens with zero attached hydrogens (tertiary/aromatic N) is 1. The molecule has 162 valence electrons. The lowest BCUT2D eigenvalue weighted by molar-refractivity contribution is -0.119. The minimum atomic E-state index is -3.93. The van der Waals surface area contributed by atoms with Crippen LogP contribution in [0, 0.1) is 6.92 Å². The Balaban J connectivity index is 1.83. The lowest BCUT2D eigenvalue weighted by atomic mass is 10.1. The van der Waals surface area contributed by atoms with E-state index in [1.165, 1.54) is 12.1 Å². The molecule has 0 spiro atoms. The highest BCUT2D eigenvalue weighted by molar-refractivity contribution is 7.92. The zero-order valence-corrected chi connectivity index (χ0v) is 18.4. The molecule has 0 unspecified atom stereocenters. The number of benzene rings is 3. The Kier molecular flexibility index (Phi) is 7.31. The topological polar surface area (TPSA) is 75.7 Å². The molecule has 0 heterocycles. The molecule has 0 fully saturated rings. The summed E-state index contributed by atoms with van der Waals surface area (Å²) < 4.78 is 33.2. The fourth-order valence-electron chi connectivity index (χ4n) is 3.00. The van der Waals surface area contributed by atoms with Gasteiger partial charge in [-0.3, -0.25) is 9.10 Å². The third kappa shape index (κ3) is 5.86. The van der Waals surface area contributed by atoms with E-state index >= 15 is 0 Å². The van der Waals surface area contributed by atoms with Crippen molar-refractivity contribution < 1.29 is 17.9 Å². The second-order valence-corrected chi connectivity index (χ2v) is 8.88. The molecule has 0 saturated carbocycles. The standard InChI is InChI=1S/C24H26N2O4S/c1-3-30-22-15-13-21(14-16-22)26(31(28,29)23-7-5-4-6-8-23)18-24(27)25-17-20-11-9-19(2)10-12-20/h4-16H,3,17-18H2,1-2H3,(H,25,27). The molecule has 6 nitrogen and oxygen atoms in total. The predicted molar refractivity (Wildman–Crippen MR) is 122 cm³/mol. The second-order valence-electron chi connectivity index (χ2n) is 7.01. The number of rotatable bonds is 9. The summed E-state index contributed by atoms with van der Waals surface area (Å²) in [7, 11) is -3.93. The predicted octanol–water partition coefficient (Wildman–Crippen LogP) is 3.91. The molecule has 0 radical (unpaired) electrons. The van der Waals surface area contributed by atoms with Gasteiger partial charge in [-0.25, -0.2) is 8.42 Å². The maximum Gasteiger partial charge on any atom is 0.264 e. The van der Waals surface area contributed by atoms with Gasteiger partial charge in [0.25, 0.3) is 10.0 Å². The van der Waals surface area contributed by atoms with Crippen LogP contribution in [-0.4, -0.2) is 27.5 Å². The molecular weight excluding hydrogens is 412 g/mol. The van der Waals surface area contributed by atoms with Gasteiger partial charge in [0.2, 0.25) is 5.91 Å². The molecule has 0 aromatic heterocycles. The minimum Gasteiger partial charge on any atom is -0.494 e. The largest absolute Gasteiger partial charge is 0.494 e. The van der Waals surface area contributed by atoms with Gasteiger partial charge in [0.05, 0.1) is 17.2 Å². The van der Waals surface area contributed by atoms with Crippen molar-refractivity contribution in [2.75, 3.05) is 17.5 Å². The molecule has 0 aliphatic heterocycles. The Hall–Kier alpha value is -3.32. The van der Waals surface area contributed by atoms with Gasteiger partial charge in [-0.05, 0) is 55.8 Å². The van der Waals surface area contributed by atoms with Gasteiger partial charge in [0, 0.05) is 6.54 Å². The number of hydrogen-bond acceptors (Lipinski definition) is 4. The molecule has 3 aromatic rings. The number of hydrogen-bond donors (Lipinski definition) is 1. The van der Waals surface area contributed by atoms with Crippen molar-refractivity contribution in [1.82, 2.24) is 5.32 Å². The van der Waals surface area contributed by atoms with Crippen molar-refractivity contribution >= 4 is 21.6 Å². The number of carbonyl (C=O) groups excluding carboxylic acids is 1. The first kappa shape index (κ1) is 22.4. The first-order valence-corrected chi connectivity index (χ1v) is 11.5. The number of amides is 1. The molecule has 1 N–H and O–H groups in total. The monoisotopic (exact) mass is 438 g/mol. The van der Waals surface area contributed by atoms with Gasteiger partial charge in [0.1, 0.15) is 12.3 Å². The van der Waals surface area contributed by atoms with Crippen LogP contribution >= 0.6 is 0 Å². The summed E-state index contributed by atoms with van der Waals surface area (Å²) in [6, 6.07) is 22.5. The third-order valence-electron chi connectivity index (χ3n) is 4.66. The summed E-state index contributed by atoms with van der Waals surface area (Å²) in [5.41, 5.74) is 2.46. The first-order valence-electron chi connectivity index (χ1n) is 10.0. The Morgan fingerprint density at radius 1 is 0.935 bits per heavy atom. The Labute approximate surface area is 183 Å². The van der Waals surface area contributed by atoms with Crippen LogP contribution in [0.5, 0.6) is 5.75 Å². The van der Waals surface area contributed by atoms with Gasteiger partial charge in [-0.15, -0.1) is 0 Å². The lowest BCUT2D eigenvalue weighted by Crippen LogP contribution is -2.40. The average molecular weight is 439 g/mol. The molecular formula is C24H26N2O4S. The second kappa shape index (κ2) is 10.1. The Bertz CT molecular complexity index is 1100. The fourth-order valence-corrected chi connectivity index (χ4v) is 4.44. The van der Waals surface area contributed by atoms with Crippen molar-refractivity contribution in [2.24, 2.45) is 0 Å². The van der Waals surface area contributed by atoms with E-state index in [4.69, 9.17) is 4.74 Å². The van der Waals surface area contributed by atoms with Crippen molar-refractivity contribution in [3.8, 4) is 5.75 Å². The molecule has 3 rings (SSSR count). The van der Waals surface area contributed by atoms with E-state index in [0.29, 0.717) is 24.6 Å². The summed E-state index contributed by atoms with van der Waals surface area (Å²) in [5, 5.41) is 2.80. The van der Waals surface area contributed by atoms with Crippen LogP contribution in [0.15, 0.2) is 83.8 Å². The van der Waals surface area contributed by atoms with Gasteiger partial charge in [-0.1, -0.05) is 48.0 Å². The van der Waals surface area contributed by atoms with Gasteiger partial charge < -0.3 is 10.1 Å². The molecule has 7 heteroatoms. The number of anilines is 1. The molecule has 0 aliphatic carbocycles. The summed E-state index contributed by atoms with van der Waals surface area (Å²) in [4.78, 5) is 12.8. The van der Waals surface area contributed by atoms with Crippen LogP contribution in [0.25, 0.3) is 0 Å². The third-order valence-corrected chi connectivity index (χ3v) is 6.45. The van der Waals surface area contributed by atoms with E-state index in [2.05, 4.69) is 5.32 Å². The lowest BCUT2D eigenvalue weighted by Gasteiger charge is -2.24. The van der Waals surface area contributed by atoms with Crippen LogP contribution in [0.2, 0.25) is 0 Å². The highest BCUT2D eigenvalue weighted by Crippen LogP contribution is 2.25. The van der Waals surface area contributed by atoms with E-state index in [9.17, 15) is 13.2 Å². The van der Waals surface area contributed by atoms with Crippen molar-refractivity contribution in [2.45, 2.75) is 25.3 Å². The number of carbonyl (C=O) groups is 1. The van der Waals surface area contributed by atoms with Gasteiger partial charge in [0.15, 0.2) is 0 Å². The molecule has 0 saturated heterocycles. The van der Waals surface area contributed by atoms with Crippen LogP contribution in [0.1, 0.15) is 18.1 Å². The molecule has 0 aliphatic rings. The quantitative estimate of drug-likeness (QED) is 0.550. The summed E-state index contributed by atoms with van der Waals surface area (Å²) in [5.74, 6) is 0.237. The van der Waals surface area contributed by atoms with Crippen LogP contribution in [-0.2, 0) is 21.4 Å². The number of aryl methyl sites for hydroxylation is 1. The van der Waals surface area contributed by atoms with E-state index in [1.54, 1.807) is 42.5 Å². The molecule has 0 bridgehead atoms. The van der Waals surface area contributed by atoms with Crippen molar-refractivity contribution in [3.05, 3.63) is 90.0 Å². The SMILES string of the molecule is CCOc1ccc(N(CC(=O)NCc2ccc(C)cc2)S(=O)(=O)c2ccccc2)cc1. The highest BCUT2D eigenvalue weighted by atomic mass is 32.2. The fraction of sp³-hybridized carbons (Fsp3) is 0.208. The highest BCUT2D eigenvalue weighted by Gasteiger charge is 2.27. The first-order chi connectivity index (χ1) is 14.9. The normalized spacial score (nSPS) is 11.0. The van der Waals surface area contributed by atoms with Crippen LogP contribution in [0.3, 0.4) is 0 Å². The maximum atomic E-state index is 13.3. The maximum absolute atomic E-state index is 13.3. The number of nitrogens with one attached hydrogen (secondary N) is 1. The molecule has 1 amide bonds. The van der Waals surface area contributed by atoms with Crippen molar-refractivity contribution in [3.63, 3.8) is 0 Å². The van der Waals surface area contributed by atoms with Crippen molar-refractivity contribution in [1.29, 1.82) is 0 Å². The minimum absolute atomic E-state index is 0.121.